The van der Waals surface area contributed by atoms with Gasteiger partial charge >= 0.3 is 0 Å². The molecule has 0 saturated carbocycles. The van der Waals surface area contributed by atoms with E-state index in [1.54, 1.807) is 16.2 Å². The third kappa shape index (κ3) is 4.81. The van der Waals surface area contributed by atoms with E-state index < -0.39 is 9.84 Å². The van der Waals surface area contributed by atoms with E-state index in [9.17, 15) is 13.2 Å². The zero-order valence-electron chi connectivity index (χ0n) is 12.5. The molecule has 1 fully saturated rings. The van der Waals surface area contributed by atoms with Crippen molar-refractivity contribution in [2.45, 2.75) is 45.1 Å². The van der Waals surface area contributed by atoms with Gasteiger partial charge in [-0.05, 0) is 37.1 Å². The molecule has 6 heteroatoms. The van der Waals surface area contributed by atoms with Crippen molar-refractivity contribution in [3.8, 4) is 0 Å². The Morgan fingerprint density at radius 1 is 1.48 bits per heavy atom. The molecule has 1 atom stereocenters. The van der Waals surface area contributed by atoms with E-state index in [-0.39, 0.29) is 23.5 Å². The van der Waals surface area contributed by atoms with Gasteiger partial charge in [-0.2, -0.15) is 0 Å². The molecule has 1 aromatic rings. The smallest absolute Gasteiger partial charge is 0.222 e. The fourth-order valence-electron chi connectivity index (χ4n) is 2.79. The SMILES string of the molecule is CCCN(C(=O)CCCc1cccs1)C1CCS(=O)(=O)C1. The summed E-state index contributed by atoms with van der Waals surface area (Å²) in [7, 11) is -2.94. The van der Waals surface area contributed by atoms with Gasteiger partial charge in [-0.3, -0.25) is 4.79 Å². The monoisotopic (exact) mass is 329 g/mol. The lowest BCUT2D eigenvalue weighted by Gasteiger charge is -2.28. The Bertz CT molecular complexity index is 551. The van der Waals surface area contributed by atoms with Crippen LogP contribution in [0, 0.1) is 0 Å². The van der Waals surface area contributed by atoms with Crippen LogP contribution in [-0.2, 0) is 21.1 Å². The molecular weight excluding hydrogens is 306 g/mol. The summed E-state index contributed by atoms with van der Waals surface area (Å²) in [5.74, 6) is 0.472. The second-order valence-corrected chi connectivity index (χ2v) is 8.84. The topological polar surface area (TPSA) is 54.5 Å². The average Bonchev–Trinajstić information content (AvgIpc) is 3.05. The van der Waals surface area contributed by atoms with Crippen LogP contribution in [0.5, 0.6) is 0 Å². The van der Waals surface area contributed by atoms with Crippen molar-refractivity contribution in [1.82, 2.24) is 4.90 Å². The van der Waals surface area contributed by atoms with Crippen LogP contribution in [-0.4, -0.2) is 43.3 Å². The highest BCUT2D eigenvalue weighted by Crippen LogP contribution is 2.20. The normalized spacial score (nSPS) is 20.5. The van der Waals surface area contributed by atoms with E-state index in [1.165, 1.54) is 4.88 Å². The lowest BCUT2D eigenvalue weighted by Crippen LogP contribution is -2.41. The molecule has 118 valence electrons. The van der Waals surface area contributed by atoms with Gasteiger partial charge in [-0.25, -0.2) is 8.42 Å². The highest BCUT2D eigenvalue weighted by atomic mass is 32.2. The number of carbonyl (C=O) groups is 1. The van der Waals surface area contributed by atoms with Crippen LogP contribution in [0.25, 0.3) is 0 Å². The molecule has 0 bridgehead atoms. The first kappa shape index (κ1) is 16.5. The second-order valence-electron chi connectivity index (χ2n) is 5.58. The zero-order valence-corrected chi connectivity index (χ0v) is 14.1. The van der Waals surface area contributed by atoms with E-state index in [0.717, 1.165) is 19.3 Å². The van der Waals surface area contributed by atoms with Crippen LogP contribution in [0.4, 0.5) is 0 Å². The summed E-state index contributed by atoms with van der Waals surface area (Å²) < 4.78 is 23.2. The van der Waals surface area contributed by atoms with Crippen LogP contribution in [0.3, 0.4) is 0 Å². The van der Waals surface area contributed by atoms with Crippen molar-refractivity contribution in [1.29, 1.82) is 0 Å². The summed E-state index contributed by atoms with van der Waals surface area (Å²) in [4.78, 5) is 15.5. The van der Waals surface area contributed by atoms with Crippen molar-refractivity contribution < 1.29 is 13.2 Å². The zero-order chi connectivity index (χ0) is 15.3. The number of hydrogen-bond donors (Lipinski definition) is 0. The van der Waals surface area contributed by atoms with Gasteiger partial charge in [0.15, 0.2) is 9.84 Å². The van der Waals surface area contributed by atoms with Crippen LogP contribution in [0.15, 0.2) is 17.5 Å². The van der Waals surface area contributed by atoms with Gasteiger partial charge in [-0.15, -0.1) is 11.3 Å². The second kappa shape index (κ2) is 7.40. The molecule has 4 nitrogen and oxygen atoms in total. The summed E-state index contributed by atoms with van der Waals surface area (Å²) in [6, 6.07) is 4.00. The van der Waals surface area contributed by atoms with Crippen LogP contribution in [0.1, 0.15) is 37.5 Å². The largest absolute Gasteiger partial charge is 0.339 e. The Kier molecular flexibility index (Phi) is 5.81. The Hall–Kier alpha value is -0.880. The third-order valence-electron chi connectivity index (χ3n) is 3.83. The number of rotatable bonds is 7. The van der Waals surface area contributed by atoms with Gasteiger partial charge in [0.05, 0.1) is 11.5 Å². The van der Waals surface area contributed by atoms with Gasteiger partial charge in [0.25, 0.3) is 0 Å². The first-order chi connectivity index (χ1) is 10.0. The molecule has 2 heterocycles. The summed E-state index contributed by atoms with van der Waals surface area (Å²) >= 11 is 1.71. The van der Waals surface area contributed by atoms with E-state index in [4.69, 9.17) is 0 Å². The molecule has 2 rings (SSSR count). The molecule has 1 amide bonds. The molecule has 0 aliphatic carbocycles. The average molecular weight is 329 g/mol. The minimum atomic E-state index is -2.94. The summed E-state index contributed by atoms with van der Waals surface area (Å²) in [6.07, 6.45) is 3.73. The fraction of sp³-hybridized carbons (Fsp3) is 0.667. The van der Waals surface area contributed by atoms with Crippen molar-refractivity contribution >= 4 is 27.1 Å². The van der Waals surface area contributed by atoms with Gasteiger partial charge in [-0.1, -0.05) is 13.0 Å². The summed E-state index contributed by atoms with van der Waals surface area (Å²) in [6.45, 7) is 2.69. The lowest BCUT2D eigenvalue weighted by atomic mass is 10.1. The Morgan fingerprint density at radius 2 is 2.29 bits per heavy atom. The van der Waals surface area contributed by atoms with Gasteiger partial charge < -0.3 is 4.90 Å². The Labute approximate surface area is 131 Å². The molecule has 0 N–H and O–H groups in total. The lowest BCUT2D eigenvalue weighted by molar-refractivity contribution is -0.133. The first-order valence-electron chi connectivity index (χ1n) is 7.54. The standard InChI is InChI=1S/C15H23NO3S2/c1-2-9-16(13-8-11-21(18,19)12-13)15(17)7-3-5-14-6-4-10-20-14/h4,6,10,13H,2-3,5,7-9,11-12H2,1H3. The van der Waals surface area contributed by atoms with Crippen molar-refractivity contribution in [3.05, 3.63) is 22.4 Å². The molecule has 1 unspecified atom stereocenters. The number of carbonyl (C=O) groups excluding carboxylic acids is 1. The maximum Gasteiger partial charge on any atom is 0.222 e. The Morgan fingerprint density at radius 3 is 2.86 bits per heavy atom. The first-order valence-corrected chi connectivity index (χ1v) is 10.2. The number of hydrogen-bond acceptors (Lipinski definition) is 4. The molecule has 21 heavy (non-hydrogen) atoms. The molecule has 1 saturated heterocycles. The van der Waals surface area contributed by atoms with Gasteiger partial charge in [0.2, 0.25) is 5.91 Å². The van der Waals surface area contributed by atoms with E-state index in [1.807, 2.05) is 18.4 Å². The molecular formula is C15H23NO3S2. The predicted molar refractivity (Wildman–Crippen MR) is 86.3 cm³/mol. The summed E-state index contributed by atoms with van der Waals surface area (Å²) in [5, 5.41) is 2.05. The van der Waals surface area contributed by atoms with Crippen molar-refractivity contribution in [2.24, 2.45) is 0 Å². The minimum Gasteiger partial charge on any atom is -0.339 e. The summed E-state index contributed by atoms with van der Waals surface area (Å²) in [5.41, 5.74) is 0. The number of amides is 1. The number of sulfone groups is 1. The van der Waals surface area contributed by atoms with Crippen LogP contribution in [0.2, 0.25) is 0 Å². The quantitative estimate of drug-likeness (QED) is 0.772. The Balaban J connectivity index is 1.87. The molecule has 0 radical (unpaired) electrons. The van der Waals surface area contributed by atoms with E-state index in [0.29, 0.717) is 19.4 Å². The predicted octanol–water partition coefficient (Wildman–Crippen LogP) is 2.50. The van der Waals surface area contributed by atoms with E-state index >= 15 is 0 Å². The number of thiophene rings is 1. The third-order valence-corrected chi connectivity index (χ3v) is 6.51. The molecule has 1 aliphatic heterocycles. The highest BCUT2D eigenvalue weighted by Gasteiger charge is 2.33. The van der Waals surface area contributed by atoms with Gasteiger partial charge in [0.1, 0.15) is 0 Å². The molecule has 1 aliphatic rings. The molecule has 0 spiro atoms. The van der Waals surface area contributed by atoms with E-state index in [2.05, 4.69) is 6.07 Å². The highest BCUT2D eigenvalue weighted by molar-refractivity contribution is 7.91. The van der Waals surface area contributed by atoms with Crippen molar-refractivity contribution in [3.63, 3.8) is 0 Å². The van der Waals surface area contributed by atoms with Gasteiger partial charge in [0, 0.05) is 23.9 Å². The number of aryl methyl sites for hydroxylation is 1. The molecule has 0 aromatic carbocycles. The van der Waals surface area contributed by atoms with Crippen LogP contribution >= 0.6 is 11.3 Å². The maximum atomic E-state index is 12.4. The van der Waals surface area contributed by atoms with Crippen molar-refractivity contribution in [2.75, 3.05) is 18.1 Å². The minimum absolute atomic E-state index is 0.107. The fourth-order valence-corrected chi connectivity index (χ4v) is 5.27. The number of nitrogens with zero attached hydrogens (tertiary/aromatic N) is 1. The molecule has 1 aromatic heterocycles. The maximum absolute atomic E-state index is 12.4. The van der Waals surface area contributed by atoms with Crippen LogP contribution < -0.4 is 0 Å².